The fourth-order valence-electron chi connectivity index (χ4n) is 1.73. The number of rotatable bonds is 6. The first kappa shape index (κ1) is 17.7. The molecule has 0 atom stereocenters. The molecule has 1 rings (SSSR count). The highest BCUT2D eigenvalue weighted by Crippen LogP contribution is 2.33. The summed E-state index contributed by atoms with van der Waals surface area (Å²) in [6.45, 7) is 7.21. The Labute approximate surface area is 131 Å². The second kappa shape index (κ2) is 7.09. The lowest BCUT2D eigenvalue weighted by atomic mass is 10.2. The zero-order chi connectivity index (χ0) is 15.5. The van der Waals surface area contributed by atoms with Gasteiger partial charge in [-0.3, -0.25) is 0 Å². The van der Waals surface area contributed by atoms with Crippen molar-refractivity contribution < 1.29 is 8.42 Å². The highest BCUT2D eigenvalue weighted by molar-refractivity contribution is 7.89. The van der Waals surface area contributed by atoms with E-state index in [0.717, 1.165) is 6.54 Å². The van der Waals surface area contributed by atoms with E-state index in [2.05, 4.69) is 4.72 Å². The van der Waals surface area contributed by atoms with Crippen LogP contribution in [0.1, 0.15) is 18.1 Å². The van der Waals surface area contributed by atoms with Crippen molar-refractivity contribution in [1.29, 1.82) is 0 Å². The average molecular weight is 339 g/mol. The maximum absolute atomic E-state index is 12.4. The number of likely N-dealkylation sites (N-methyl/N-ethyl adjacent to an activating group) is 1. The molecule has 0 radical (unpaired) electrons. The molecule has 0 bridgehead atoms. The summed E-state index contributed by atoms with van der Waals surface area (Å²) >= 11 is 12.2. The highest BCUT2D eigenvalue weighted by atomic mass is 35.5. The molecule has 0 aliphatic carbocycles. The van der Waals surface area contributed by atoms with Gasteiger partial charge in [-0.05, 0) is 44.6 Å². The van der Waals surface area contributed by atoms with Crippen molar-refractivity contribution in [2.75, 3.05) is 26.7 Å². The molecule has 1 N–H and O–H groups in total. The molecule has 0 spiro atoms. The molecule has 0 saturated heterocycles. The van der Waals surface area contributed by atoms with E-state index in [4.69, 9.17) is 23.2 Å². The smallest absolute Gasteiger partial charge is 0.242 e. The van der Waals surface area contributed by atoms with Gasteiger partial charge in [0.05, 0.1) is 5.02 Å². The fourth-order valence-corrected chi connectivity index (χ4v) is 3.96. The SMILES string of the molecule is CCN(C)CCNS(=O)(=O)c1c(C)c(Cl)cc(C)c1Cl. The maximum Gasteiger partial charge on any atom is 0.242 e. The van der Waals surface area contributed by atoms with Crippen molar-refractivity contribution in [3.05, 3.63) is 27.2 Å². The Balaban J connectivity index is 3.04. The fraction of sp³-hybridized carbons (Fsp3) is 0.538. The first-order chi connectivity index (χ1) is 9.20. The maximum atomic E-state index is 12.4. The average Bonchev–Trinajstić information content (AvgIpc) is 2.36. The Bertz CT molecular complexity index is 562. The Morgan fingerprint density at radius 1 is 1.30 bits per heavy atom. The van der Waals surface area contributed by atoms with Gasteiger partial charge in [0.25, 0.3) is 0 Å². The summed E-state index contributed by atoms with van der Waals surface area (Å²) in [6, 6.07) is 1.67. The van der Waals surface area contributed by atoms with Crippen molar-refractivity contribution in [3.8, 4) is 0 Å². The minimum Gasteiger partial charge on any atom is -0.305 e. The third-order valence-electron chi connectivity index (χ3n) is 3.18. The number of hydrogen-bond acceptors (Lipinski definition) is 3. The summed E-state index contributed by atoms with van der Waals surface area (Å²) in [7, 11) is -1.74. The van der Waals surface area contributed by atoms with Gasteiger partial charge in [0, 0.05) is 18.1 Å². The van der Waals surface area contributed by atoms with E-state index < -0.39 is 10.0 Å². The monoisotopic (exact) mass is 338 g/mol. The summed E-state index contributed by atoms with van der Waals surface area (Å²) in [5, 5.41) is 0.626. The van der Waals surface area contributed by atoms with Crippen LogP contribution in [-0.2, 0) is 10.0 Å². The number of nitrogens with one attached hydrogen (secondary N) is 1. The van der Waals surface area contributed by atoms with Crippen LogP contribution in [0.4, 0.5) is 0 Å². The van der Waals surface area contributed by atoms with Gasteiger partial charge in [-0.15, -0.1) is 0 Å². The number of aryl methyl sites for hydroxylation is 1. The molecule has 0 saturated carbocycles. The molecule has 4 nitrogen and oxygen atoms in total. The van der Waals surface area contributed by atoms with E-state index in [0.29, 0.717) is 29.2 Å². The van der Waals surface area contributed by atoms with Crippen LogP contribution in [0.5, 0.6) is 0 Å². The van der Waals surface area contributed by atoms with Gasteiger partial charge in [-0.1, -0.05) is 30.1 Å². The van der Waals surface area contributed by atoms with E-state index >= 15 is 0 Å². The van der Waals surface area contributed by atoms with E-state index in [1.165, 1.54) is 0 Å². The minimum absolute atomic E-state index is 0.0725. The topological polar surface area (TPSA) is 49.4 Å². The van der Waals surface area contributed by atoms with E-state index in [1.54, 1.807) is 19.9 Å². The predicted molar refractivity (Wildman–Crippen MR) is 84.3 cm³/mol. The molecule has 1 aromatic carbocycles. The molecular weight excluding hydrogens is 319 g/mol. The lowest BCUT2D eigenvalue weighted by molar-refractivity contribution is 0.358. The van der Waals surface area contributed by atoms with Crippen LogP contribution in [0.2, 0.25) is 10.0 Å². The lowest BCUT2D eigenvalue weighted by Gasteiger charge is -2.16. The second-order valence-corrected chi connectivity index (χ2v) is 7.23. The van der Waals surface area contributed by atoms with E-state index in [9.17, 15) is 8.42 Å². The molecular formula is C13H20Cl2N2O2S. The third kappa shape index (κ3) is 4.09. The first-order valence-corrected chi connectivity index (χ1v) is 8.58. The van der Waals surface area contributed by atoms with Crippen molar-refractivity contribution in [1.82, 2.24) is 9.62 Å². The molecule has 1 aromatic rings. The minimum atomic E-state index is -3.66. The number of sulfonamides is 1. The van der Waals surface area contributed by atoms with Crippen molar-refractivity contribution >= 4 is 33.2 Å². The summed E-state index contributed by atoms with van der Waals surface area (Å²) in [6.07, 6.45) is 0. The molecule has 20 heavy (non-hydrogen) atoms. The van der Waals surface area contributed by atoms with Gasteiger partial charge >= 0.3 is 0 Å². The van der Waals surface area contributed by atoms with Crippen LogP contribution in [0.3, 0.4) is 0 Å². The van der Waals surface area contributed by atoms with Gasteiger partial charge in [-0.2, -0.15) is 0 Å². The van der Waals surface area contributed by atoms with Crippen LogP contribution in [0, 0.1) is 13.8 Å². The second-order valence-electron chi connectivity index (χ2n) is 4.74. The van der Waals surface area contributed by atoms with Gasteiger partial charge in [0.1, 0.15) is 4.90 Å². The van der Waals surface area contributed by atoms with Crippen LogP contribution in [0.25, 0.3) is 0 Å². The molecule has 0 amide bonds. The lowest BCUT2D eigenvalue weighted by Crippen LogP contribution is -2.33. The Morgan fingerprint density at radius 2 is 1.90 bits per heavy atom. The Kier molecular flexibility index (Phi) is 6.28. The molecule has 0 fully saturated rings. The van der Waals surface area contributed by atoms with Gasteiger partial charge in [0.15, 0.2) is 0 Å². The molecule has 0 unspecified atom stereocenters. The van der Waals surface area contributed by atoms with Crippen LogP contribution in [-0.4, -0.2) is 40.0 Å². The van der Waals surface area contributed by atoms with Gasteiger partial charge in [-0.25, -0.2) is 13.1 Å². The zero-order valence-corrected chi connectivity index (χ0v) is 14.5. The van der Waals surface area contributed by atoms with Gasteiger partial charge < -0.3 is 4.90 Å². The van der Waals surface area contributed by atoms with Gasteiger partial charge in [0.2, 0.25) is 10.0 Å². The Hall–Kier alpha value is -0.330. The predicted octanol–water partition coefficient (Wildman–Crippen LogP) is 2.84. The normalized spacial score (nSPS) is 12.2. The molecule has 0 heterocycles. The summed E-state index contributed by atoms with van der Waals surface area (Å²) in [4.78, 5) is 2.09. The number of hydrogen-bond donors (Lipinski definition) is 1. The van der Waals surface area contributed by atoms with E-state index in [1.807, 2.05) is 18.9 Å². The van der Waals surface area contributed by atoms with Crippen molar-refractivity contribution in [2.24, 2.45) is 0 Å². The third-order valence-corrected chi connectivity index (χ3v) is 5.81. The molecule has 0 aliphatic heterocycles. The van der Waals surface area contributed by atoms with Crippen LogP contribution >= 0.6 is 23.2 Å². The number of benzene rings is 1. The summed E-state index contributed by atoms with van der Waals surface area (Å²) in [5.41, 5.74) is 1.12. The zero-order valence-electron chi connectivity index (χ0n) is 12.1. The van der Waals surface area contributed by atoms with Crippen LogP contribution in [0.15, 0.2) is 11.0 Å². The standard InChI is InChI=1S/C13H20Cl2N2O2S/c1-5-17(4)7-6-16-20(18,19)13-10(3)11(14)8-9(2)12(13)15/h8,16H,5-7H2,1-4H3. The van der Waals surface area contributed by atoms with Crippen molar-refractivity contribution in [3.63, 3.8) is 0 Å². The van der Waals surface area contributed by atoms with Crippen LogP contribution < -0.4 is 4.72 Å². The summed E-state index contributed by atoms with van der Waals surface area (Å²) in [5.74, 6) is 0. The van der Waals surface area contributed by atoms with E-state index in [-0.39, 0.29) is 9.92 Å². The largest absolute Gasteiger partial charge is 0.305 e. The summed E-state index contributed by atoms with van der Waals surface area (Å²) < 4.78 is 27.3. The number of nitrogens with zero attached hydrogens (tertiary/aromatic N) is 1. The number of halogens is 2. The molecule has 0 aromatic heterocycles. The molecule has 114 valence electrons. The highest BCUT2D eigenvalue weighted by Gasteiger charge is 2.23. The molecule has 0 aliphatic rings. The molecule has 7 heteroatoms. The Morgan fingerprint density at radius 3 is 2.45 bits per heavy atom. The quantitative estimate of drug-likeness (QED) is 0.867. The first-order valence-electron chi connectivity index (χ1n) is 6.34. The van der Waals surface area contributed by atoms with Crippen molar-refractivity contribution in [2.45, 2.75) is 25.7 Å².